The van der Waals surface area contributed by atoms with Gasteiger partial charge in [0.2, 0.25) is 5.91 Å². The van der Waals surface area contributed by atoms with E-state index in [-0.39, 0.29) is 17.6 Å². The smallest absolute Gasteiger partial charge is 0.326 e. The van der Waals surface area contributed by atoms with E-state index in [9.17, 15) is 14.4 Å². The molecule has 1 atom stereocenters. The summed E-state index contributed by atoms with van der Waals surface area (Å²) >= 11 is 1.24. The maximum atomic E-state index is 11.7. The number of rotatable bonds is 5. The van der Waals surface area contributed by atoms with E-state index in [1.54, 1.807) is 4.90 Å². The highest BCUT2D eigenvalue weighted by molar-refractivity contribution is 8.13. The van der Waals surface area contributed by atoms with Crippen LogP contribution in [0.1, 0.15) is 13.3 Å². The van der Waals surface area contributed by atoms with E-state index in [1.165, 1.54) is 30.6 Å². The van der Waals surface area contributed by atoms with Gasteiger partial charge in [0.05, 0.1) is 0 Å². The second-order valence-corrected chi connectivity index (χ2v) is 4.92. The molecule has 1 N–H and O–H groups in total. The Bertz CT molecular complexity index is 334. The van der Waals surface area contributed by atoms with Crippen LogP contribution in [0, 0.1) is 0 Å². The normalized spacial score (nSPS) is 17.1. The Kier molecular flexibility index (Phi) is 4.80. The van der Waals surface area contributed by atoms with Gasteiger partial charge in [-0.25, -0.2) is 4.79 Å². The van der Waals surface area contributed by atoms with Gasteiger partial charge in [-0.1, -0.05) is 11.8 Å². The van der Waals surface area contributed by atoms with Crippen LogP contribution >= 0.6 is 11.8 Å². The van der Waals surface area contributed by atoms with E-state index in [4.69, 9.17) is 5.11 Å². The van der Waals surface area contributed by atoms with Crippen molar-refractivity contribution in [3.05, 3.63) is 0 Å². The molecular formula is C10H16N2O4S. The number of carboxylic acids is 1. The topological polar surface area (TPSA) is 77.9 Å². The number of hydrogen-bond acceptors (Lipinski definition) is 4. The zero-order valence-corrected chi connectivity index (χ0v) is 10.7. The first kappa shape index (κ1) is 13.8. The Morgan fingerprint density at radius 3 is 2.71 bits per heavy atom. The van der Waals surface area contributed by atoms with Gasteiger partial charge in [-0.3, -0.25) is 9.59 Å². The third kappa shape index (κ3) is 3.62. The summed E-state index contributed by atoms with van der Waals surface area (Å²) in [5.74, 6) is -0.535. The standard InChI is InChI=1S/C10H16N2O4S/c1-7(9(14)15)11(2)8(13)3-4-12-5-6-17-10(12)16/h7H,3-6H2,1-2H3,(H,14,15). The summed E-state index contributed by atoms with van der Waals surface area (Å²) in [6.45, 7) is 2.48. The van der Waals surface area contributed by atoms with Crippen LogP contribution < -0.4 is 0 Å². The van der Waals surface area contributed by atoms with Crippen molar-refractivity contribution in [2.45, 2.75) is 19.4 Å². The van der Waals surface area contributed by atoms with Crippen LogP contribution in [0.2, 0.25) is 0 Å². The fourth-order valence-electron chi connectivity index (χ4n) is 1.42. The fourth-order valence-corrected chi connectivity index (χ4v) is 2.27. The third-order valence-corrected chi connectivity index (χ3v) is 3.66. The molecule has 2 amide bonds. The second kappa shape index (κ2) is 5.90. The van der Waals surface area contributed by atoms with Crippen LogP contribution in [0.25, 0.3) is 0 Å². The van der Waals surface area contributed by atoms with Crippen molar-refractivity contribution < 1.29 is 19.5 Å². The predicted molar refractivity (Wildman–Crippen MR) is 63.9 cm³/mol. The number of carbonyl (C=O) groups excluding carboxylic acids is 2. The molecule has 0 bridgehead atoms. The van der Waals surface area contributed by atoms with Crippen molar-refractivity contribution in [1.29, 1.82) is 0 Å². The van der Waals surface area contributed by atoms with Crippen LogP contribution in [0.15, 0.2) is 0 Å². The first-order valence-electron chi connectivity index (χ1n) is 5.33. The first-order valence-corrected chi connectivity index (χ1v) is 6.32. The molecule has 1 rings (SSSR count). The summed E-state index contributed by atoms with van der Waals surface area (Å²) in [6.07, 6.45) is 0.167. The average Bonchev–Trinajstić information content (AvgIpc) is 2.69. The van der Waals surface area contributed by atoms with Gasteiger partial charge < -0.3 is 14.9 Å². The van der Waals surface area contributed by atoms with Gasteiger partial charge in [0, 0.05) is 32.3 Å². The number of likely N-dealkylation sites (N-methyl/N-ethyl adjacent to an activating group) is 1. The van der Waals surface area contributed by atoms with Crippen molar-refractivity contribution in [3.63, 3.8) is 0 Å². The van der Waals surface area contributed by atoms with Crippen LogP contribution in [0.5, 0.6) is 0 Å². The Labute approximate surface area is 104 Å². The van der Waals surface area contributed by atoms with E-state index in [0.29, 0.717) is 13.1 Å². The van der Waals surface area contributed by atoms with Gasteiger partial charge in [-0.15, -0.1) is 0 Å². The number of carboxylic acid groups (broad SMARTS) is 1. The van der Waals surface area contributed by atoms with E-state index in [1.807, 2.05) is 0 Å². The van der Waals surface area contributed by atoms with Crippen LogP contribution in [0.3, 0.4) is 0 Å². The minimum Gasteiger partial charge on any atom is -0.480 e. The highest BCUT2D eigenvalue weighted by Crippen LogP contribution is 2.17. The monoisotopic (exact) mass is 260 g/mol. The summed E-state index contributed by atoms with van der Waals surface area (Å²) in [5.41, 5.74) is 0. The molecule has 1 aliphatic heterocycles. The van der Waals surface area contributed by atoms with Gasteiger partial charge in [-0.05, 0) is 6.92 Å². The van der Waals surface area contributed by atoms with Crippen LogP contribution in [0.4, 0.5) is 4.79 Å². The van der Waals surface area contributed by atoms with Crippen molar-refractivity contribution in [3.8, 4) is 0 Å². The average molecular weight is 260 g/mol. The molecule has 0 radical (unpaired) electrons. The lowest BCUT2D eigenvalue weighted by Gasteiger charge is -2.22. The minimum atomic E-state index is -1.03. The van der Waals surface area contributed by atoms with Gasteiger partial charge in [0.15, 0.2) is 0 Å². The summed E-state index contributed by atoms with van der Waals surface area (Å²) in [7, 11) is 1.46. The number of aliphatic carboxylic acids is 1. The highest BCUT2D eigenvalue weighted by Gasteiger charge is 2.25. The van der Waals surface area contributed by atoms with Crippen molar-refractivity contribution >= 4 is 28.9 Å². The fraction of sp³-hybridized carbons (Fsp3) is 0.700. The Hall–Kier alpha value is -1.24. The molecule has 0 spiro atoms. The first-order chi connectivity index (χ1) is 7.93. The Morgan fingerprint density at radius 1 is 1.59 bits per heavy atom. The van der Waals surface area contributed by atoms with Gasteiger partial charge in [-0.2, -0.15) is 0 Å². The third-order valence-electron chi connectivity index (χ3n) is 2.77. The molecule has 0 aromatic carbocycles. The molecule has 1 fully saturated rings. The van der Waals surface area contributed by atoms with Gasteiger partial charge in [0.25, 0.3) is 5.24 Å². The summed E-state index contributed by atoms with van der Waals surface area (Å²) < 4.78 is 0. The number of thioether (sulfide) groups is 1. The molecule has 17 heavy (non-hydrogen) atoms. The van der Waals surface area contributed by atoms with E-state index >= 15 is 0 Å². The maximum absolute atomic E-state index is 11.7. The molecule has 96 valence electrons. The molecule has 0 aromatic rings. The number of carbonyl (C=O) groups is 3. The predicted octanol–water partition coefficient (Wildman–Crippen LogP) is 0.477. The Balaban J connectivity index is 2.38. The zero-order chi connectivity index (χ0) is 13.0. The molecule has 0 aromatic heterocycles. The molecule has 1 saturated heterocycles. The summed E-state index contributed by atoms with van der Waals surface area (Å²) in [5, 5.41) is 8.75. The largest absolute Gasteiger partial charge is 0.480 e. The quantitative estimate of drug-likeness (QED) is 0.777. The van der Waals surface area contributed by atoms with Crippen molar-refractivity contribution in [2.75, 3.05) is 25.9 Å². The highest BCUT2D eigenvalue weighted by atomic mass is 32.2. The maximum Gasteiger partial charge on any atom is 0.326 e. The molecule has 1 unspecified atom stereocenters. The van der Waals surface area contributed by atoms with Gasteiger partial charge in [0.1, 0.15) is 6.04 Å². The van der Waals surface area contributed by atoms with E-state index in [0.717, 1.165) is 5.75 Å². The molecule has 7 heteroatoms. The Morgan fingerprint density at radius 2 is 2.24 bits per heavy atom. The molecular weight excluding hydrogens is 244 g/mol. The van der Waals surface area contributed by atoms with Crippen molar-refractivity contribution in [1.82, 2.24) is 9.80 Å². The molecule has 1 aliphatic rings. The second-order valence-electron chi connectivity index (χ2n) is 3.87. The number of amides is 2. The lowest BCUT2D eigenvalue weighted by atomic mass is 10.2. The minimum absolute atomic E-state index is 0.00765. The molecule has 6 nitrogen and oxygen atoms in total. The number of nitrogens with zero attached hydrogens (tertiary/aromatic N) is 2. The lowest BCUT2D eigenvalue weighted by molar-refractivity contribution is -0.148. The van der Waals surface area contributed by atoms with E-state index < -0.39 is 12.0 Å². The summed E-state index contributed by atoms with van der Waals surface area (Å²) in [6, 6.07) is -0.842. The SMILES string of the molecule is CC(C(=O)O)N(C)C(=O)CCN1CCSC1=O. The lowest BCUT2D eigenvalue weighted by Crippen LogP contribution is -2.41. The van der Waals surface area contributed by atoms with Crippen LogP contribution in [-0.2, 0) is 9.59 Å². The molecule has 0 aliphatic carbocycles. The van der Waals surface area contributed by atoms with Crippen molar-refractivity contribution in [2.24, 2.45) is 0 Å². The zero-order valence-electron chi connectivity index (χ0n) is 9.88. The molecule has 0 saturated carbocycles. The number of hydrogen-bond donors (Lipinski definition) is 1. The van der Waals surface area contributed by atoms with Crippen LogP contribution in [-0.4, -0.2) is 64.0 Å². The molecule has 1 heterocycles. The summed E-state index contributed by atoms with van der Waals surface area (Å²) in [4.78, 5) is 36.4. The van der Waals surface area contributed by atoms with E-state index in [2.05, 4.69) is 0 Å². The van der Waals surface area contributed by atoms with Gasteiger partial charge >= 0.3 is 5.97 Å².